The summed E-state index contributed by atoms with van der Waals surface area (Å²) in [5.41, 5.74) is 3.70. The summed E-state index contributed by atoms with van der Waals surface area (Å²) in [4.78, 5) is 16.9. The van der Waals surface area contributed by atoms with Gasteiger partial charge in [-0.15, -0.1) is 10.2 Å². The molecule has 168 valence electrons. The van der Waals surface area contributed by atoms with E-state index >= 15 is 0 Å². The maximum absolute atomic E-state index is 12.6. The predicted octanol–water partition coefficient (Wildman–Crippen LogP) is 5.19. The first kappa shape index (κ1) is 22.5. The fourth-order valence-corrected chi connectivity index (χ4v) is 4.21. The molecule has 33 heavy (non-hydrogen) atoms. The number of benzene rings is 2. The zero-order valence-electron chi connectivity index (χ0n) is 18.7. The first-order chi connectivity index (χ1) is 16.1. The summed E-state index contributed by atoms with van der Waals surface area (Å²) >= 11 is 1.34. The van der Waals surface area contributed by atoms with Crippen molar-refractivity contribution in [1.29, 1.82) is 0 Å². The van der Waals surface area contributed by atoms with E-state index in [4.69, 9.17) is 4.74 Å². The highest BCUT2D eigenvalue weighted by molar-refractivity contribution is 7.99. The van der Waals surface area contributed by atoms with Crippen LogP contribution in [0.2, 0.25) is 0 Å². The van der Waals surface area contributed by atoms with E-state index in [1.165, 1.54) is 17.3 Å². The van der Waals surface area contributed by atoms with Gasteiger partial charge in [-0.05, 0) is 41.8 Å². The van der Waals surface area contributed by atoms with E-state index < -0.39 is 0 Å². The third-order valence-electron chi connectivity index (χ3n) is 5.04. The Labute approximate surface area is 197 Å². The smallest absolute Gasteiger partial charge is 0.234 e. The SMILES string of the molecule is COc1cccc(NC(=O)CSc2nnc(-c3cccnc3)n2-c2ccccc2C(C)C)c1. The predicted molar refractivity (Wildman–Crippen MR) is 131 cm³/mol. The number of carbonyl (C=O) groups is 1. The van der Waals surface area contributed by atoms with Gasteiger partial charge in [-0.25, -0.2) is 0 Å². The van der Waals surface area contributed by atoms with Crippen LogP contribution in [0.4, 0.5) is 5.69 Å². The summed E-state index contributed by atoms with van der Waals surface area (Å²) in [6.45, 7) is 4.31. The van der Waals surface area contributed by atoms with Crippen LogP contribution in [0.25, 0.3) is 17.1 Å². The van der Waals surface area contributed by atoms with Crippen molar-refractivity contribution in [3.8, 4) is 22.8 Å². The lowest BCUT2D eigenvalue weighted by atomic mass is 10.0. The largest absolute Gasteiger partial charge is 0.497 e. The topological polar surface area (TPSA) is 81.9 Å². The molecule has 1 N–H and O–H groups in total. The Hall–Kier alpha value is -3.65. The van der Waals surface area contributed by atoms with Gasteiger partial charge in [0.1, 0.15) is 5.75 Å². The number of methoxy groups -OCH3 is 1. The molecule has 2 heterocycles. The van der Waals surface area contributed by atoms with E-state index in [9.17, 15) is 4.79 Å². The molecule has 0 aliphatic heterocycles. The molecule has 0 aliphatic carbocycles. The first-order valence-corrected chi connectivity index (χ1v) is 11.6. The molecule has 0 aliphatic rings. The van der Waals surface area contributed by atoms with Gasteiger partial charge in [0, 0.05) is 29.7 Å². The van der Waals surface area contributed by atoms with E-state index in [1.54, 1.807) is 25.6 Å². The van der Waals surface area contributed by atoms with Crippen LogP contribution < -0.4 is 10.1 Å². The number of rotatable bonds is 8. The van der Waals surface area contributed by atoms with E-state index in [-0.39, 0.29) is 11.7 Å². The molecule has 0 bridgehead atoms. The van der Waals surface area contributed by atoms with Crippen LogP contribution in [0.1, 0.15) is 25.3 Å². The van der Waals surface area contributed by atoms with E-state index in [0.29, 0.717) is 28.3 Å². The normalized spacial score (nSPS) is 10.9. The van der Waals surface area contributed by atoms with E-state index in [1.807, 2.05) is 47.0 Å². The Kier molecular flexibility index (Phi) is 7.04. The highest BCUT2D eigenvalue weighted by Gasteiger charge is 2.20. The zero-order valence-corrected chi connectivity index (χ0v) is 19.5. The number of nitrogens with zero attached hydrogens (tertiary/aromatic N) is 4. The summed E-state index contributed by atoms with van der Waals surface area (Å²) < 4.78 is 7.23. The molecule has 4 rings (SSSR count). The van der Waals surface area contributed by atoms with Crippen molar-refractivity contribution in [3.63, 3.8) is 0 Å². The molecule has 0 fully saturated rings. The molecule has 4 aromatic rings. The fraction of sp³-hybridized carbons (Fsp3) is 0.200. The molecular formula is C25H25N5O2S. The molecule has 2 aromatic carbocycles. The number of ether oxygens (including phenoxy) is 1. The third-order valence-corrected chi connectivity index (χ3v) is 5.97. The summed E-state index contributed by atoms with van der Waals surface area (Å²) in [6, 6.07) is 19.3. The monoisotopic (exact) mass is 459 g/mol. The highest BCUT2D eigenvalue weighted by atomic mass is 32.2. The maximum Gasteiger partial charge on any atom is 0.234 e. The van der Waals surface area contributed by atoms with Gasteiger partial charge in [0.25, 0.3) is 0 Å². The average Bonchev–Trinajstić information content (AvgIpc) is 3.27. The van der Waals surface area contributed by atoms with E-state index in [0.717, 1.165) is 11.3 Å². The number of aromatic nitrogens is 4. The van der Waals surface area contributed by atoms with Crippen molar-refractivity contribution in [2.75, 3.05) is 18.2 Å². The number of thioether (sulfide) groups is 1. The van der Waals surface area contributed by atoms with Gasteiger partial charge >= 0.3 is 0 Å². The summed E-state index contributed by atoms with van der Waals surface area (Å²) in [6.07, 6.45) is 3.49. The average molecular weight is 460 g/mol. The molecular weight excluding hydrogens is 434 g/mol. The molecule has 0 saturated heterocycles. The molecule has 0 atom stereocenters. The van der Waals surface area contributed by atoms with Crippen molar-refractivity contribution >= 4 is 23.4 Å². The van der Waals surface area contributed by atoms with Crippen LogP contribution in [0, 0.1) is 0 Å². The Morgan fingerprint density at radius 3 is 2.70 bits per heavy atom. The molecule has 0 saturated carbocycles. The quantitative estimate of drug-likeness (QED) is 0.365. The van der Waals surface area contributed by atoms with Crippen LogP contribution in [0.3, 0.4) is 0 Å². The van der Waals surface area contributed by atoms with E-state index in [2.05, 4.69) is 46.5 Å². The second kappa shape index (κ2) is 10.3. The first-order valence-electron chi connectivity index (χ1n) is 10.6. The van der Waals surface area contributed by atoms with Gasteiger partial charge in [0.2, 0.25) is 5.91 Å². The molecule has 8 heteroatoms. The van der Waals surface area contributed by atoms with Crippen LogP contribution in [0.15, 0.2) is 78.2 Å². The number of carbonyl (C=O) groups excluding carboxylic acids is 1. The van der Waals surface area contributed by atoms with Crippen molar-refractivity contribution in [2.24, 2.45) is 0 Å². The summed E-state index contributed by atoms with van der Waals surface area (Å²) in [5, 5.41) is 12.4. The molecule has 1 amide bonds. The van der Waals surface area contributed by atoms with Gasteiger partial charge in [-0.1, -0.05) is 49.9 Å². The Bertz CT molecular complexity index is 1240. The standard InChI is InChI=1S/C25H25N5O2S/c1-17(2)21-11-4-5-12-22(21)30-24(18-8-7-13-26-15-18)28-29-25(30)33-16-23(31)27-19-9-6-10-20(14-19)32-3/h4-15,17H,16H2,1-3H3,(H,27,31). The van der Waals surface area contributed by atoms with Gasteiger partial charge < -0.3 is 10.1 Å². The van der Waals surface area contributed by atoms with Gasteiger partial charge in [0.15, 0.2) is 11.0 Å². The molecule has 0 unspecified atom stereocenters. The number of hydrogen-bond acceptors (Lipinski definition) is 6. The van der Waals surface area contributed by atoms with Crippen molar-refractivity contribution in [3.05, 3.63) is 78.6 Å². The number of para-hydroxylation sites is 1. The van der Waals surface area contributed by atoms with Crippen molar-refractivity contribution < 1.29 is 9.53 Å². The van der Waals surface area contributed by atoms with Crippen LogP contribution in [0.5, 0.6) is 5.75 Å². The minimum atomic E-state index is -0.136. The molecule has 2 aromatic heterocycles. The second-order valence-electron chi connectivity index (χ2n) is 7.67. The van der Waals surface area contributed by atoms with Crippen LogP contribution in [-0.2, 0) is 4.79 Å². The fourth-order valence-electron chi connectivity index (χ4n) is 3.47. The van der Waals surface area contributed by atoms with Gasteiger partial charge in [0.05, 0.1) is 18.6 Å². The molecule has 7 nitrogen and oxygen atoms in total. The van der Waals surface area contributed by atoms with Gasteiger partial charge in [-0.2, -0.15) is 0 Å². The summed E-state index contributed by atoms with van der Waals surface area (Å²) in [5.74, 6) is 1.73. The zero-order chi connectivity index (χ0) is 23.2. The van der Waals surface area contributed by atoms with Crippen LogP contribution in [-0.4, -0.2) is 38.5 Å². The number of amides is 1. The lowest BCUT2D eigenvalue weighted by molar-refractivity contribution is -0.113. The number of anilines is 1. The lowest BCUT2D eigenvalue weighted by Gasteiger charge is -2.16. The number of hydrogen-bond donors (Lipinski definition) is 1. The Balaban J connectivity index is 1.63. The third kappa shape index (κ3) is 5.23. The molecule has 0 radical (unpaired) electrons. The minimum Gasteiger partial charge on any atom is -0.497 e. The number of nitrogens with one attached hydrogen (secondary N) is 1. The highest BCUT2D eigenvalue weighted by Crippen LogP contribution is 2.32. The lowest BCUT2D eigenvalue weighted by Crippen LogP contribution is -2.14. The Morgan fingerprint density at radius 2 is 1.94 bits per heavy atom. The van der Waals surface area contributed by atoms with Crippen LogP contribution >= 0.6 is 11.8 Å². The minimum absolute atomic E-state index is 0.136. The van der Waals surface area contributed by atoms with Crippen molar-refractivity contribution in [2.45, 2.75) is 24.9 Å². The van der Waals surface area contributed by atoms with Gasteiger partial charge in [-0.3, -0.25) is 14.3 Å². The molecule has 0 spiro atoms. The van der Waals surface area contributed by atoms with Crippen molar-refractivity contribution in [1.82, 2.24) is 19.7 Å². The number of pyridine rings is 1. The summed E-state index contributed by atoms with van der Waals surface area (Å²) in [7, 11) is 1.60. The second-order valence-corrected chi connectivity index (χ2v) is 8.61. The Morgan fingerprint density at radius 1 is 1.09 bits per heavy atom. The maximum atomic E-state index is 12.6.